The van der Waals surface area contributed by atoms with Gasteiger partial charge in [0.15, 0.2) is 0 Å². The van der Waals surface area contributed by atoms with Crippen molar-refractivity contribution in [3.8, 4) is 0 Å². The maximum absolute atomic E-state index is 11.8. The summed E-state index contributed by atoms with van der Waals surface area (Å²) < 4.78 is 0. The molecule has 2 amide bonds. The number of nitrogen functional groups attached to an aromatic ring is 1. The quantitative estimate of drug-likeness (QED) is 0.796. The third kappa shape index (κ3) is 2.86. The van der Waals surface area contributed by atoms with Crippen LogP contribution in [0.3, 0.4) is 0 Å². The molecule has 1 aromatic rings. The summed E-state index contributed by atoms with van der Waals surface area (Å²) in [4.78, 5) is 24.7. The van der Waals surface area contributed by atoms with Gasteiger partial charge in [-0.3, -0.25) is 9.59 Å². The highest BCUT2D eigenvalue weighted by Gasteiger charge is 2.28. The summed E-state index contributed by atoms with van der Waals surface area (Å²) >= 11 is 0. The summed E-state index contributed by atoms with van der Waals surface area (Å²) in [6.07, 6.45) is 1.63. The Balaban J connectivity index is 2.12. The van der Waals surface area contributed by atoms with E-state index >= 15 is 0 Å². The minimum absolute atomic E-state index is 0.172. The molecule has 1 aliphatic heterocycles. The molecule has 0 bridgehead atoms. The number of likely N-dealkylation sites (tertiary alicyclic amines) is 1. The zero-order chi connectivity index (χ0) is 14.0. The van der Waals surface area contributed by atoms with Crippen molar-refractivity contribution < 1.29 is 9.59 Å². The number of hydrogen-bond donors (Lipinski definition) is 2. The Morgan fingerprint density at radius 3 is 2.74 bits per heavy atom. The molecule has 1 heterocycles. The third-order valence-electron chi connectivity index (χ3n) is 3.66. The first-order valence-corrected chi connectivity index (χ1v) is 6.47. The summed E-state index contributed by atoms with van der Waals surface area (Å²) in [6, 6.07) is 4.98. The van der Waals surface area contributed by atoms with Gasteiger partial charge in [0.25, 0.3) is 0 Å². The Bertz CT molecular complexity index is 513. The molecule has 1 saturated heterocycles. The molecular weight excluding hydrogens is 242 g/mol. The highest BCUT2D eigenvalue weighted by Crippen LogP contribution is 2.24. The zero-order valence-electron chi connectivity index (χ0n) is 11.1. The molecule has 0 aromatic heterocycles. The number of benzene rings is 1. The van der Waals surface area contributed by atoms with E-state index in [1.54, 1.807) is 18.2 Å². The summed E-state index contributed by atoms with van der Waals surface area (Å²) in [6.45, 7) is 3.38. The molecule has 1 aliphatic rings. The van der Waals surface area contributed by atoms with E-state index in [1.807, 2.05) is 4.90 Å². The third-order valence-corrected chi connectivity index (χ3v) is 3.66. The predicted octanol–water partition coefficient (Wildman–Crippen LogP) is 1.13. The number of carbonyl (C=O) groups excluding carboxylic acids is 2. The fourth-order valence-corrected chi connectivity index (χ4v) is 2.38. The van der Waals surface area contributed by atoms with Gasteiger partial charge < -0.3 is 16.4 Å². The SMILES string of the molecule is CCC1CC(=O)N(Cc2ccc(C(N)=O)cc2N)C1. The van der Waals surface area contributed by atoms with Crippen molar-refractivity contribution in [3.63, 3.8) is 0 Å². The predicted molar refractivity (Wildman–Crippen MR) is 73.2 cm³/mol. The Kier molecular flexibility index (Phi) is 3.74. The maximum atomic E-state index is 11.8. The van der Waals surface area contributed by atoms with Crippen molar-refractivity contribution in [2.45, 2.75) is 26.3 Å². The normalized spacial score (nSPS) is 18.9. The summed E-state index contributed by atoms with van der Waals surface area (Å²) in [7, 11) is 0. The first-order chi connectivity index (χ1) is 9.01. The molecule has 102 valence electrons. The lowest BCUT2D eigenvalue weighted by atomic mass is 10.1. The molecular formula is C14H19N3O2. The van der Waals surface area contributed by atoms with E-state index in [-0.39, 0.29) is 5.91 Å². The van der Waals surface area contributed by atoms with E-state index < -0.39 is 5.91 Å². The molecule has 19 heavy (non-hydrogen) atoms. The Morgan fingerprint density at radius 1 is 1.47 bits per heavy atom. The number of primary amides is 1. The van der Waals surface area contributed by atoms with Crippen LogP contribution >= 0.6 is 0 Å². The van der Waals surface area contributed by atoms with Crippen molar-refractivity contribution in [2.24, 2.45) is 11.7 Å². The number of carbonyl (C=O) groups is 2. The molecule has 0 saturated carbocycles. The van der Waals surface area contributed by atoms with Gasteiger partial charge in [-0.15, -0.1) is 0 Å². The van der Waals surface area contributed by atoms with Gasteiger partial charge in [-0.25, -0.2) is 0 Å². The lowest BCUT2D eigenvalue weighted by molar-refractivity contribution is -0.128. The van der Waals surface area contributed by atoms with Crippen LogP contribution in [0, 0.1) is 5.92 Å². The van der Waals surface area contributed by atoms with E-state index in [0.717, 1.165) is 18.5 Å². The fourth-order valence-electron chi connectivity index (χ4n) is 2.38. The molecule has 1 atom stereocenters. The van der Waals surface area contributed by atoms with Crippen LogP contribution in [-0.2, 0) is 11.3 Å². The van der Waals surface area contributed by atoms with Gasteiger partial charge in [-0.2, -0.15) is 0 Å². The molecule has 5 heteroatoms. The van der Waals surface area contributed by atoms with Crippen LogP contribution in [0.4, 0.5) is 5.69 Å². The summed E-state index contributed by atoms with van der Waals surface area (Å²) in [5.74, 6) is 0.116. The minimum atomic E-state index is -0.499. The van der Waals surface area contributed by atoms with Crippen molar-refractivity contribution in [1.29, 1.82) is 0 Å². The second-order valence-electron chi connectivity index (χ2n) is 5.03. The van der Waals surface area contributed by atoms with Crippen molar-refractivity contribution >= 4 is 17.5 Å². The lowest BCUT2D eigenvalue weighted by Gasteiger charge is -2.18. The van der Waals surface area contributed by atoms with Gasteiger partial charge in [0.1, 0.15) is 0 Å². The Labute approximate surface area is 112 Å². The van der Waals surface area contributed by atoms with E-state index in [4.69, 9.17) is 11.5 Å². The number of nitrogens with zero attached hydrogens (tertiary/aromatic N) is 1. The van der Waals surface area contributed by atoms with Crippen LogP contribution in [0.15, 0.2) is 18.2 Å². The van der Waals surface area contributed by atoms with Gasteiger partial charge in [0.2, 0.25) is 11.8 Å². The standard InChI is InChI=1S/C14H19N3O2/c1-2-9-5-13(18)17(7-9)8-11-4-3-10(14(16)19)6-12(11)15/h3-4,6,9H,2,5,7-8,15H2,1H3,(H2,16,19). The van der Waals surface area contributed by atoms with Crippen molar-refractivity contribution in [3.05, 3.63) is 29.3 Å². The van der Waals surface area contributed by atoms with E-state index in [2.05, 4.69) is 6.92 Å². The van der Waals surface area contributed by atoms with Gasteiger partial charge in [-0.1, -0.05) is 19.4 Å². The molecule has 1 aromatic carbocycles. The summed E-state index contributed by atoms with van der Waals surface area (Å²) in [5.41, 5.74) is 12.8. The molecule has 0 spiro atoms. The highest BCUT2D eigenvalue weighted by molar-refractivity contribution is 5.93. The van der Waals surface area contributed by atoms with Gasteiger partial charge >= 0.3 is 0 Å². The zero-order valence-corrected chi connectivity index (χ0v) is 11.1. The molecule has 0 radical (unpaired) electrons. The highest BCUT2D eigenvalue weighted by atomic mass is 16.2. The van der Waals surface area contributed by atoms with Crippen LogP contribution < -0.4 is 11.5 Å². The second-order valence-corrected chi connectivity index (χ2v) is 5.03. The minimum Gasteiger partial charge on any atom is -0.398 e. The van der Waals surface area contributed by atoms with E-state index in [0.29, 0.717) is 30.1 Å². The van der Waals surface area contributed by atoms with Crippen LogP contribution in [-0.4, -0.2) is 23.3 Å². The topological polar surface area (TPSA) is 89.4 Å². The van der Waals surface area contributed by atoms with Crippen LogP contribution in [0.2, 0.25) is 0 Å². The number of nitrogens with two attached hydrogens (primary N) is 2. The van der Waals surface area contributed by atoms with Crippen LogP contribution in [0.25, 0.3) is 0 Å². The molecule has 1 unspecified atom stereocenters. The number of anilines is 1. The molecule has 4 N–H and O–H groups in total. The van der Waals surface area contributed by atoms with Crippen molar-refractivity contribution in [2.75, 3.05) is 12.3 Å². The van der Waals surface area contributed by atoms with E-state index in [9.17, 15) is 9.59 Å². The number of amides is 2. The Hall–Kier alpha value is -2.04. The van der Waals surface area contributed by atoms with Crippen LogP contribution in [0.5, 0.6) is 0 Å². The smallest absolute Gasteiger partial charge is 0.248 e. The number of rotatable bonds is 4. The van der Waals surface area contributed by atoms with Crippen LogP contribution in [0.1, 0.15) is 35.7 Å². The van der Waals surface area contributed by atoms with Gasteiger partial charge in [-0.05, 0) is 23.6 Å². The Morgan fingerprint density at radius 2 is 2.21 bits per heavy atom. The number of hydrogen-bond acceptors (Lipinski definition) is 3. The average molecular weight is 261 g/mol. The molecule has 0 aliphatic carbocycles. The molecule has 2 rings (SSSR count). The second kappa shape index (κ2) is 5.30. The monoisotopic (exact) mass is 261 g/mol. The van der Waals surface area contributed by atoms with Gasteiger partial charge in [0, 0.05) is 30.8 Å². The summed E-state index contributed by atoms with van der Waals surface area (Å²) in [5, 5.41) is 0. The first-order valence-electron chi connectivity index (χ1n) is 6.47. The van der Waals surface area contributed by atoms with E-state index in [1.165, 1.54) is 0 Å². The van der Waals surface area contributed by atoms with Gasteiger partial charge in [0.05, 0.1) is 0 Å². The lowest BCUT2D eigenvalue weighted by Crippen LogP contribution is -2.25. The average Bonchev–Trinajstić information content (AvgIpc) is 2.72. The molecule has 5 nitrogen and oxygen atoms in total. The first kappa shape index (κ1) is 13.4. The fraction of sp³-hybridized carbons (Fsp3) is 0.429. The largest absolute Gasteiger partial charge is 0.398 e. The van der Waals surface area contributed by atoms with Crippen molar-refractivity contribution in [1.82, 2.24) is 4.90 Å². The maximum Gasteiger partial charge on any atom is 0.248 e. The molecule has 1 fully saturated rings.